The third-order valence-corrected chi connectivity index (χ3v) is 6.38. The minimum absolute atomic E-state index is 0.293. The van der Waals surface area contributed by atoms with Crippen LogP contribution in [-0.2, 0) is 15.6 Å². The first-order chi connectivity index (χ1) is 8.81. The molecule has 19 heavy (non-hydrogen) atoms. The van der Waals surface area contributed by atoms with Crippen molar-refractivity contribution in [2.45, 2.75) is 23.6 Å². The number of hydrogen-bond donors (Lipinski definition) is 1. The van der Waals surface area contributed by atoms with Gasteiger partial charge < -0.3 is 0 Å². The first-order valence-electron chi connectivity index (χ1n) is 5.51. The molecule has 0 atom stereocenters. The van der Waals surface area contributed by atoms with E-state index >= 15 is 0 Å². The van der Waals surface area contributed by atoms with E-state index in [-0.39, 0.29) is 0 Å². The average Bonchev–Trinajstić information content (AvgIpc) is 2.77. The van der Waals surface area contributed by atoms with Crippen LogP contribution >= 0.6 is 27.3 Å². The fourth-order valence-corrected chi connectivity index (χ4v) is 5.07. The van der Waals surface area contributed by atoms with Crippen LogP contribution in [0, 0.1) is 0 Å². The second-order valence-electron chi connectivity index (χ2n) is 4.52. The van der Waals surface area contributed by atoms with Gasteiger partial charge in [-0.05, 0) is 59.6 Å². The largest absolute Gasteiger partial charge is 0.265 e. The molecule has 4 nitrogen and oxygen atoms in total. The zero-order valence-electron chi connectivity index (χ0n) is 10.4. The number of thiophene rings is 1. The van der Waals surface area contributed by atoms with E-state index in [4.69, 9.17) is 0 Å². The van der Waals surface area contributed by atoms with Gasteiger partial charge in [0.2, 0.25) is 0 Å². The highest BCUT2D eigenvalue weighted by atomic mass is 79.9. The predicted octanol–water partition coefficient (Wildman–Crippen LogP) is 3.12. The molecule has 102 valence electrons. The highest BCUT2D eigenvalue weighted by Crippen LogP contribution is 2.28. The van der Waals surface area contributed by atoms with Crippen LogP contribution in [0.5, 0.6) is 0 Å². The van der Waals surface area contributed by atoms with E-state index in [1.54, 1.807) is 36.7 Å². The van der Waals surface area contributed by atoms with Gasteiger partial charge in [0.05, 0.1) is 9.33 Å². The summed E-state index contributed by atoms with van der Waals surface area (Å²) in [6.07, 6.45) is 3.29. The molecule has 0 aromatic carbocycles. The maximum Gasteiger partial charge on any atom is 0.250 e. The number of nitrogens with zero attached hydrogens (tertiary/aromatic N) is 1. The van der Waals surface area contributed by atoms with E-state index in [1.807, 2.05) is 13.8 Å². The Morgan fingerprint density at radius 2 is 1.84 bits per heavy atom. The molecule has 0 unspecified atom stereocenters. The average molecular weight is 361 g/mol. The molecule has 7 heteroatoms. The Labute approximate surface area is 125 Å². The number of hydrogen-bond acceptors (Lipinski definition) is 4. The highest BCUT2D eigenvalue weighted by Gasteiger charge is 2.28. The van der Waals surface area contributed by atoms with Crippen molar-refractivity contribution in [3.8, 4) is 0 Å². The molecular weight excluding hydrogens is 348 g/mol. The molecule has 2 rings (SSSR count). The zero-order valence-corrected chi connectivity index (χ0v) is 13.6. The molecule has 0 spiro atoms. The maximum absolute atomic E-state index is 12.3. The van der Waals surface area contributed by atoms with Crippen LogP contribution in [0.1, 0.15) is 19.4 Å². The van der Waals surface area contributed by atoms with Crippen molar-refractivity contribution in [2.24, 2.45) is 0 Å². The van der Waals surface area contributed by atoms with Gasteiger partial charge in [-0.15, -0.1) is 11.3 Å². The molecule has 2 aromatic heterocycles. The lowest BCUT2D eigenvalue weighted by molar-refractivity contribution is 0.472. The van der Waals surface area contributed by atoms with Gasteiger partial charge in [-0.2, -0.15) is 0 Å². The molecule has 0 aliphatic heterocycles. The molecule has 0 fully saturated rings. The van der Waals surface area contributed by atoms with Crippen molar-refractivity contribution in [3.05, 3.63) is 46.0 Å². The summed E-state index contributed by atoms with van der Waals surface area (Å²) in [4.78, 5) is 3.94. The second-order valence-corrected chi connectivity index (χ2v) is 8.90. The SMILES string of the molecule is CC(C)(NS(=O)(=O)c1ccc(Br)s1)c1ccncc1. The van der Waals surface area contributed by atoms with E-state index in [0.717, 1.165) is 9.35 Å². The van der Waals surface area contributed by atoms with Crippen LogP contribution in [0.3, 0.4) is 0 Å². The summed E-state index contributed by atoms with van der Waals surface area (Å²) in [6, 6.07) is 6.90. The second kappa shape index (κ2) is 5.32. The first kappa shape index (κ1) is 14.6. The van der Waals surface area contributed by atoms with Crippen molar-refractivity contribution in [1.82, 2.24) is 9.71 Å². The summed E-state index contributed by atoms with van der Waals surface area (Å²) in [5.74, 6) is 0. The molecule has 0 bridgehead atoms. The number of aromatic nitrogens is 1. The Bertz CT molecular complexity index is 666. The molecule has 0 saturated heterocycles. The third-order valence-electron chi connectivity index (χ3n) is 2.60. The van der Waals surface area contributed by atoms with Gasteiger partial charge in [-0.25, -0.2) is 13.1 Å². The van der Waals surface area contributed by atoms with Gasteiger partial charge in [0.25, 0.3) is 10.0 Å². The summed E-state index contributed by atoms with van der Waals surface area (Å²) >= 11 is 4.45. The molecule has 2 heterocycles. The van der Waals surface area contributed by atoms with Gasteiger partial charge in [0.1, 0.15) is 4.21 Å². The summed E-state index contributed by atoms with van der Waals surface area (Å²) in [5, 5.41) is 0. The Balaban J connectivity index is 2.30. The number of nitrogens with one attached hydrogen (secondary N) is 1. The van der Waals surface area contributed by atoms with Crippen molar-refractivity contribution in [3.63, 3.8) is 0 Å². The molecule has 0 aliphatic carbocycles. The predicted molar refractivity (Wildman–Crippen MR) is 79.6 cm³/mol. The van der Waals surface area contributed by atoms with Crippen LogP contribution in [0.15, 0.2) is 44.7 Å². The van der Waals surface area contributed by atoms with Crippen LogP contribution in [-0.4, -0.2) is 13.4 Å². The van der Waals surface area contributed by atoms with Crippen molar-refractivity contribution in [1.29, 1.82) is 0 Å². The Morgan fingerprint density at radius 1 is 1.21 bits per heavy atom. The fraction of sp³-hybridized carbons (Fsp3) is 0.250. The van der Waals surface area contributed by atoms with Gasteiger partial charge in [-0.1, -0.05) is 0 Å². The standard InChI is InChI=1S/C12H13BrN2O2S2/c1-12(2,9-5-7-14-8-6-9)15-19(16,17)11-4-3-10(13)18-11/h3-8,15H,1-2H3. The normalized spacial score (nSPS) is 12.6. The lowest BCUT2D eigenvalue weighted by atomic mass is 9.97. The lowest BCUT2D eigenvalue weighted by Crippen LogP contribution is -2.40. The van der Waals surface area contributed by atoms with E-state index in [9.17, 15) is 8.42 Å². The molecule has 0 aliphatic rings. The van der Waals surface area contributed by atoms with Crippen LogP contribution in [0.2, 0.25) is 0 Å². The van der Waals surface area contributed by atoms with E-state index in [0.29, 0.717) is 4.21 Å². The molecular formula is C12H13BrN2O2S2. The monoisotopic (exact) mass is 360 g/mol. The Kier molecular flexibility index (Phi) is 4.10. The molecule has 1 N–H and O–H groups in total. The van der Waals surface area contributed by atoms with Crippen LogP contribution in [0.4, 0.5) is 0 Å². The van der Waals surface area contributed by atoms with Crippen molar-refractivity contribution >= 4 is 37.3 Å². The Morgan fingerprint density at radius 3 is 2.37 bits per heavy atom. The first-order valence-corrected chi connectivity index (χ1v) is 8.60. The van der Waals surface area contributed by atoms with E-state index in [2.05, 4.69) is 25.6 Å². The minimum Gasteiger partial charge on any atom is -0.265 e. The van der Waals surface area contributed by atoms with Crippen molar-refractivity contribution < 1.29 is 8.42 Å². The lowest BCUT2D eigenvalue weighted by Gasteiger charge is -2.25. The summed E-state index contributed by atoms with van der Waals surface area (Å²) in [5.41, 5.74) is 0.166. The third kappa shape index (κ3) is 3.42. The smallest absolute Gasteiger partial charge is 0.250 e. The van der Waals surface area contributed by atoms with Gasteiger partial charge >= 0.3 is 0 Å². The molecule has 0 radical (unpaired) electrons. The number of pyridine rings is 1. The number of halogens is 1. The topological polar surface area (TPSA) is 59.1 Å². The van der Waals surface area contributed by atoms with E-state index in [1.165, 1.54) is 11.3 Å². The minimum atomic E-state index is -3.53. The van der Waals surface area contributed by atoms with Crippen LogP contribution < -0.4 is 4.72 Å². The summed E-state index contributed by atoms with van der Waals surface area (Å²) in [6.45, 7) is 3.64. The zero-order chi connectivity index (χ0) is 14.1. The van der Waals surface area contributed by atoms with Gasteiger partial charge in [0, 0.05) is 12.4 Å². The van der Waals surface area contributed by atoms with E-state index < -0.39 is 15.6 Å². The highest BCUT2D eigenvalue weighted by molar-refractivity contribution is 9.11. The van der Waals surface area contributed by atoms with Gasteiger partial charge in [0.15, 0.2) is 0 Å². The van der Waals surface area contributed by atoms with Gasteiger partial charge in [-0.3, -0.25) is 4.98 Å². The quantitative estimate of drug-likeness (QED) is 0.910. The fourth-order valence-electron chi connectivity index (χ4n) is 1.66. The molecule has 0 saturated carbocycles. The number of rotatable bonds is 4. The Hall–Kier alpha value is -0.760. The summed E-state index contributed by atoms with van der Waals surface area (Å²) in [7, 11) is -3.53. The molecule has 0 amide bonds. The van der Waals surface area contributed by atoms with Crippen LogP contribution in [0.25, 0.3) is 0 Å². The maximum atomic E-state index is 12.3. The van der Waals surface area contributed by atoms with Crippen molar-refractivity contribution in [2.75, 3.05) is 0 Å². The molecule has 2 aromatic rings. The summed E-state index contributed by atoms with van der Waals surface area (Å²) < 4.78 is 28.4. The number of sulfonamides is 1.